The van der Waals surface area contributed by atoms with Gasteiger partial charge >= 0.3 is 6.09 Å². The zero-order chi connectivity index (χ0) is 29.2. The summed E-state index contributed by atoms with van der Waals surface area (Å²) < 4.78 is 11.1. The molecule has 1 aliphatic rings. The molecule has 0 aliphatic carbocycles. The van der Waals surface area contributed by atoms with Crippen LogP contribution in [0.25, 0.3) is 10.9 Å². The summed E-state index contributed by atoms with van der Waals surface area (Å²) in [5.74, 6) is -0.815. The van der Waals surface area contributed by atoms with Crippen LogP contribution in [0.1, 0.15) is 47.8 Å². The van der Waals surface area contributed by atoms with E-state index in [4.69, 9.17) is 9.47 Å². The van der Waals surface area contributed by atoms with Crippen molar-refractivity contribution < 1.29 is 23.9 Å². The number of amides is 3. The Bertz CT molecular complexity index is 1400. The van der Waals surface area contributed by atoms with E-state index in [0.29, 0.717) is 50.3 Å². The standard InChI is InChI=1S/C31H38N4O6/c1-3-4-17-41-31(39)35-15-13-34(14-16-35)30(38)25(12-18-40-21-23-8-6-5-7-9-23)33-29(37)27-20-28(36)24-11-10-22(2)19-26(24)32-27/h5-11,19-20,25H,3-4,12-18,21H2,1-2H3,(H,32,36)(H,33,37)/t25-/m0/s1. The Balaban J connectivity index is 1.42. The van der Waals surface area contributed by atoms with Crippen molar-refractivity contribution in [2.75, 3.05) is 39.4 Å². The first kappa shape index (κ1) is 29.8. The minimum Gasteiger partial charge on any atom is -0.449 e. The largest absolute Gasteiger partial charge is 0.449 e. The predicted molar refractivity (Wildman–Crippen MR) is 156 cm³/mol. The van der Waals surface area contributed by atoms with E-state index in [1.54, 1.807) is 21.9 Å². The summed E-state index contributed by atoms with van der Waals surface area (Å²) in [6.07, 6.45) is 1.61. The molecule has 1 atom stereocenters. The molecule has 0 bridgehead atoms. The fraction of sp³-hybridized carbons (Fsp3) is 0.419. The second-order valence-electron chi connectivity index (χ2n) is 10.2. The van der Waals surface area contributed by atoms with E-state index in [1.807, 2.05) is 50.2 Å². The topological polar surface area (TPSA) is 121 Å². The number of aromatic amines is 1. The first-order chi connectivity index (χ1) is 19.9. The number of H-pyrrole nitrogens is 1. The molecule has 10 nitrogen and oxygen atoms in total. The summed E-state index contributed by atoms with van der Waals surface area (Å²) in [5, 5.41) is 3.30. The van der Waals surface area contributed by atoms with E-state index >= 15 is 0 Å². The van der Waals surface area contributed by atoms with Crippen LogP contribution in [0.4, 0.5) is 4.79 Å². The number of fused-ring (bicyclic) bond motifs is 1. The van der Waals surface area contributed by atoms with Gasteiger partial charge in [0.05, 0.1) is 18.7 Å². The molecule has 218 valence electrons. The second-order valence-corrected chi connectivity index (χ2v) is 10.2. The molecule has 3 aromatic rings. The van der Waals surface area contributed by atoms with Crippen LogP contribution in [0.5, 0.6) is 0 Å². The van der Waals surface area contributed by atoms with Crippen LogP contribution < -0.4 is 10.7 Å². The van der Waals surface area contributed by atoms with E-state index < -0.39 is 11.9 Å². The van der Waals surface area contributed by atoms with Gasteiger partial charge in [0, 0.05) is 44.2 Å². The lowest BCUT2D eigenvalue weighted by molar-refractivity contribution is -0.135. The Hall–Kier alpha value is -4.18. The molecule has 1 saturated heterocycles. The lowest BCUT2D eigenvalue weighted by Gasteiger charge is -2.36. The number of carbonyl (C=O) groups is 3. The van der Waals surface area contributed by atoms with E-state index in [1.165, 1.54) is 6.07 Å². The van der Waals surface area contributed by atoms with Crippen LogP contribution in [0, 0.1) is 6.92 Å². The summed E-state index contributed by atoms with van der Waals surface area (Å²) in [7, 11) is 0. The molecular weight excluding hydrogens is 524 g/mol. The summed E-state index contributed by atoms with van der Waals surface area (Å²) in [5.41, 5.74) is 2.31. The van der Waals surface area contributed by atoms with Gasteiger partial charge < -0.3 is 29.6 Å². The first-order valence-corrected chi connectivity index (χ1v) is 14.1. The third kappa shape index (κ3) is 8.17. The molecule has 0 saturated carbocycles. The molecule has 0 unspecified atom stereocenters. The van der Waals surface area contributed by atoms with Gasteiger partial charge in [0.2, 0.25) is 5.91 Å². The summed E-state index contributed by atoms with van der Waals surface area (Å²) >= 11 is 0. The number of pyridine rings is 1. The van der Waals surface area contributed by atoms with Gasteiger partial charge in [0.25, 0.3) is 5.91 Å². The van der Waals surface area contributed by atoms with Gasteiger partial charge in [0.15, 0.2) is 5.43 Å². The van der Waals surface area contributed by atoms with Gasteiger partial charge in [-0.3, -0.25) is 14.4 Å². The van der Waals surface area contributed by atoms with Gasteiger partial charge in [-0.25, -0.2) is 4.79 Å². The van der Waals surface area contributed by atoms with Crippen molar-refractivity contribution in [2.45, 2.75) is 45.8 Å². The van der Waals surface area contributed by atoms with Crippen LogP contribution >= 0.6 is 0 Å². The van der Waals surface area contributed by atoms with Crippen LogP contribution in [-0.2, 0) is 20.9 Å². The predicted octanol–water partition coefficient (Wildman–Crippen LogP) is 3.62. The molecule has 0 spiro atoms. The Morgan fingerprint density at radius 3 is 2.44 bits per heavy atom. The van der Waals surface area contributed by atoms with E-state index in [0.717, 1.165) is 24.0 Å². The maximum atomic E-state index is 13.6. The highest BCUT2D eigenvalue weighted by Crippen LogP contribution is 2.13. The fourth-order valence-electron chi connectivity index (χ4n) is 4.67. The molecule has 1 aromatic heterocycles. The van der Waals surface area contributed by atoms with Gasteiger partial charge in [-0.05, 0) is 43.0 Å². The summed E-state index contributed by atoms with van der Waals surface area (Å²) in [6, 6.07) is 15.4. The lowest BCUT2D eigenvalue weighted by Crippen LogP contribution is -2.56. The van der Waals surface area contributed by atoms with Crippen LogP contribution in [0.15, 0.2) is 59.4 Å². The highest BCUT2D eigenvalue weighted by atomic mass is 16.6. The summed E-state index contributed by atoms with van der Waals surface area (Å²) in [6.45, 7) is 6.27. The van der Waals surface area contributed by atoms with Crippen molar-refractivity contribution in [1.82, 2.24) is 20.1 Å². The molecule has 1 fully saturated rings. The lowest BCUT2D eigenvalue weighted by atomic mass is 10.1. The summed E-state index contributed by atoms with van der Waals surface area (Å²) in [4.78, 5) is 58.1. The van der Waals surface area contributed by atoms with Gasteiger partial charge in [-0.2, -0.15) is 0 Å². The smallest absolute Gasteiger partial charge is 0.409 e. The van der Waals surface area contributed by atoms with Crippen molar-refractivity contribution in [3.8, 4) is 0 Å². The Kier molecular flexibility index (Phi) is 10.5. The Morgan fingerprint density at radius 1 is 0.976 bits per heavy atom. The Morgan fingerprint density at radius 2 is 1.71 bits per heavy atom. The maximum absolute atomic E-state index is 13.6. The number of piperazine rings is 1. The quantitative estimate of drug-likeness (QED) is 0.345. The van der Waals surface area contributed by atoms with E-state index in [-0.39, 0.29) is 36.2 Å². The third-order valence-electron chi connectivity index (χ3n) is 7.07. The van der Waals surface area contributed by atoms with Crippen molar-refractivity contribution in [3.63, 3.8) is 0 Å². The average molecular weight is 563 g/mol. The molecule has 41 heavy (non-hydrogen) atoms. The molecular formula is C31H38N4O6. The van der Waals surface area contributed by atoms with Crippen LogP contribution in [0.3, 0.4) is 0 Å². The van der Waals surface area contributed by atoms with Crippen LogP contribution in [-0.4, -0.2) is 78.1 Å². The number of unbranched alkanes of at least 4 members (excludes halogenated alkanes) is 1. The van der Waals surface area contributed by atoms with Crippen LogP contribution in [0.2, 0.25) is 0 Å². The van der Waals surface area contributed by atoms with Gasteiger partial charge in [-0.1, -0.05) is 49.7 Å². The molecule has 4 rings (SSSR count). The first-order valence-electron chi connectivity index (χ1n) is 14.1. The highest BCUT2D eigenvalue weighted by molar-refractivity contribution is 5.97. The number of nitrogens with zero attached hydrogens (tertiary/aromatic N) is 2. The van der Waals surface area contributed by atoms with E-state index in [2.05, 4.69) is 10.3 Å². The number of hydrogen-bond acceptors (Lipinski definition) is 6. The molecule has 2 N–H and O–H groups in total. The fourth-order valence-corrected chi connectivity index (χ4v) is 4.67. The number of hydrogen-bond donors (Lipinski definition) is 2. The second kappa shape index (κ2) is 14.5. The number of aryl methyl sites for hydroxylation is 1. The maximum Gasteiger partial charge on any atom is 0.409 e. The number of benzene rings is 2. The molecule has 2 aromatic carbocycles. The number of nitrogens with one attached hydrogen (secondary N) is 2. The molecule has 1 aliphatic heterocycles. The minimum absolute atomic E-state index is 0.0794. The average Bonchev–Trinajstić information content (AvgIpc) is 2.98. The van der Waals surface area contributed by atoms with Crippen molar-refractivity contribution in [3.05, 3.63) is 81.6 Å². The number of ether oxygens (including phenoxy) is 2. The molecule has 10 heteroatoms. The molecule has 0 radical (unpaired) electrons. The van der Waals surface area contributed by atoms with Crippen molar-refractivity contribution in [1.29, 1.82) is 0 Å². The SMILES string of the molecule is CCCCOC(=O)N1CCN(C(=O)[C@H](CCOCc2ccccc2)NC(=O)c2cc(=O)c3ccc(C)cc3[nH]2)CC1. The number of rotatable bonds is 11. The molecule has 2 heterocycles. The number of carbonyl (C=O) groups excluding carboxylic acids is 3. The van der Waals surface area contributed by atoms with Gasteiger partial charge in [0.1, 0.15) is 11.7 Å². The number of aromatic nitrogens is 1. The van der Waals surface area contributed by atoms with E-state index in [9.17, 15) is 19.2 Å². The van der Waals surface area contributed by atoms with Gasteiger partial charge in [-0.15, -0.1) is 0 Å². The Labute approximate surface area is 239 Å². The highest BCUT2D eigenvalue weighted by Gasteiger charge is 2.31. The zero-order valence-corrected chi connectivity index (χ0v) is 23.7. The normalized spacial score (nSPS) is 14.1. The zero-order valence-electron chi connectivity index (χ0n) is 23.7. The van der Waals surface area contributed by atoms with Crippen molar-refractivity contribution >= 4 is 28.8 Å². The third-order valence-corrected chi connectivity index (χ3v) is 7.07. The molecule has 3 amide bonds. The monoisotopic (exact) mass is 562 g/mol. The van der Waals surface area contributed by atoms with Crippen molar-refractivity contribution in [2.24, 2.45) is 0 Å². The minimum atomic E-state index is -0.877.